The van der Waals surface area contributed by atoms with Gasteiger partial charge in [-0.2, -0.15) is 0 Å². The molecule has 1 N–H and O–H groups in total. The molecular formula is C19H25N3OS. The summed E-state index contributed by atoms with van der Waals surface area (Å²) in [6, 6.07) is 0. The van der Waals surface area contributed by atoms with Crippen LogP contribution in [-0.2, 0) is 11.3 Å². The predicted molar refractivity (Wildman–Crippen MR) is 97.2 cm³/mol. The van der Waals surface area contributed by atoms with Crippen LogP contribution in [0.2, 0.25) is 0 Å². The number of nitrogens with one attached hydrogen (secondary N) is 1. The highest BCUT2D eigenvalue weighted by atomic mass is 32.1. The number of imidazole rings is 1. The predicted octanol–water partition coefficient (Wildman–Crippen LogP) is 4.42. The lowest BCUT2D eigenvalue weighted by Crippen LogP contribution is -2.24. The molecule has 0 saturated carbocycles. The van der Waals surface area contributed by atoms with E-state index in [0.29, 0.717) is 13.0 Å². The van der Waals surface area contributed by atoms with E-state index in [4.69, 9.17) is 4.98 Å². The molecule has 4 rings (SSSR count). The summed E-state index contributed by atoms with van der Waals surface area (Å²) in [6.45, 7) is 7.56. The molecule has 1 unspecified atom stereocenters. The fourth-order valence-corrected chi connectivity index (χ4v) is 5.27. The Morgan fingerprint density at radius 2 is 2.29 bits per heavy atom. The van der Waals surface area contributed by atoms with Crippen LogP contribution in [0.25, 0.3) is 4.96 Å². The fraction of sp³-hybridized carbons (Fsp3) is 0.579. The van der Waals surface area contributed by atoms with E-state index in [1.54, 1.807) is 16.9 Å². The number of aromatic nitrogens is 2. The van der Waals surface area contributed by atoms with Gasteiger partial charge in [0.15, 0.2) is 4.96 Å². The van der Waals surface area contributed by atoms with Gasteiger partial charge in [-0.05, 0) is 38.0 Å². The molecule has 0 spiro atoms. The Morgan fingerprint density at radius 3 is 3.08 bits per heavy atom. The van der Waals surface area contributed by atoms with Crippen molar-refractivity contribution in [2.75, 3.05) is 0 Å². The number of fused-ring (bicyclic) bond motifs is 3. The molecule has 1 aliphatic carbocycles. The van der Waals surface area contributed by atoms with Crippen molar-refractivity contribution in [1.82, 2.24) is 14.7 Å². The molecule has 4 nitrogen and oxygen atoms in total. The maximum Gasteiger partial charge on any atom is 0.221 e. The first-order valence-electron chi connectivity index (χ1n) is 8.86. The lowest BCUT2D eigenvalue weighted by molar-refractivity contribution is -0.121. The van der Waals surface area contributed by atoms with E-state index in [1.807, 2.05) is 0 Å². The van der Waals surface area contributed by atoms with Crippen molar-refractivity contribution in [2.45, 2.75) is 65.3 Å². The number of allylic oxidation sites excluding steroid dienone is 2. The van der Waals surface area contributed by atoms with Crippen molar-refractivity contribution in [1.29, 1.82) is 0 Å². The van der Waals surface area contributed by atoms with Gasteiger partial charge in [0, 0.05) is 23.9 Å². The molecule has 2 aromatic heterocycles. The van der Waals surface area contributed by atoms with E-state index in [2.05, 4.69) is 42.1 Å². The summed E-state index contributed by atoms with van der Waals surface area (Å²) in [5.41, 5.74) is 5.62. The fourth-order valence-electron chi connectivity index (χ4n) is 4.53. The maximum atomic E-state index is 12.3. The number of rotatable bonds is 2. The molecule has 0 saturated heterocycles. The number of carbonyl (C=O) groups is 1. The van der Waals surface area contributed by atoms with E-state index in [-0.39, 0.29) is 17.2 Å². The molecule has 2 aromatic rings. The van der Waals surface area contributed by atoms with Crippen LogP contribution in [0.3, 0.4) is 0 Å². The first-order chi connectivity index (χ1) is 11.5. The Labute approximate surface area is 147 Å². The second kappa shape index (κ2) is 5.73. The lowest BCUT2D eigenvalue weighted by Gasteiger charge is -2.36. The van der Waals surface area contributed by atoms with Crippen molar-refractivity contribution in [3.05, 3.63) is 34.1 Å². The minimum atomic E-state index is 0.147. The Bertz CT molecular complexity index is 827. The lowest BCUT2D eigenvalue weighted by atomic mass is 9.69. The number of nitrogens with zero attached hydrogens (tertiary/aromatic N) is 2. The van der Waals surface area contributed by atoms with Crippen molar-refractivity contribution >= 4 is 22.2 Å². The van der Waals surface area contributed by atoms with E-state index < -0.39 is 0 Å². The van der Waals surface area contributed by atoms with Gasteiger partial charge < -0.3 is 5.32 Å². The zero-order chi connectivity index (χ0) is 16.9. The second-order valence-corrected chi connectivity index (χ2v) is 8.75. The number of hydrogen-bond donors (Lipinski definition) is 1. The summed E-state index contributed by atoms with van der Waals surface area (Å²) in [4.78, 5) is 18.1. The average Bonchev–Trinajstić information content (AvgIpc) is 3.04. The molecule has 0 aromatic carbocycles. The highest BCUT2D eigenvalue weighted by molar-refractivity contribution is 7.15. The van der Waals surface area contributed by atoms with Gasteiger partial charge in [-0.25, -0.2) is 4.98 Å². The van der Waals surface area contributed by atoms with Gasteiger partial charge in [-0.3, -0.25) is 9.20 Å². The van der Waals surface area contributed by atoms with Crippen molar-refractivity contribution < 1.29 is 4.79 Å². The summed E-state index contributed by atoms with van der Waals surface area (Å²) in [6.07, 6.45) is 7.35. The molecule has 0 radical (unpaired) electrons. The summed E-state index contributed by atoms with van der Waals surface area (Å²) < 4.78 is 2.21. The zero-order valence-corrected chi connectivity index (χ0v) is 15.5. The Balaban J connectivity index is 1.78. The van der Waals surface area contributed by atoms with Gasteiger partial charge in [0.25, 0.3) is 0 Å². The van der Waals surface area contributed by atoms with E-state index in [0.717, 1.165) is 17.1 Å². The van der Waals surface area contributed by atoms with Crippen molar-refractivity contribution in [2.24, 2.45) is 5.41 Å². The largest absolute Gasteiger partial charge is 0.350 e. The Morgan fingerprint density at radius 1 is 1.46 bits per heavy atom. The normalized spacial score (nSPS) is 24.0. The summed E-state index contributed by atoms with van der Waals surface area (Å²) >= 11 is 1.66. The van der Waals surface area contributed by atoms with E-state index >= 15 is 0 Å². The van der Waals surface area contributed by atoms with Crippen LogP contribution >= 0.6 is 11.3 Å². The minimum absolute atomic E-state index is 0.147. The van der Waals surface area contributed by atoms with Gasteiger partial charge in [0.1, 0.15) is 0 Å². The van der Waals surface area contributed by atoms with Crippen LogP contribution in [0.4, 0.5) is 0 Å². The third-order valence-electron chi connectivity index (χ3n) is 5.78. The molecule has 1 amide bonds. The third kappa shape index (κ3) is 2.59. The highest BCUT2D eigenvalue weighted by Gasteiger charge is 2.34. The maximum absolute atomic E-state index is 12.3. The van der Waals surface area contributed by atoms with Gasteiger partial charge in [0.05, 0.1) is 17.9 Å². The van der Waals surface area contributed by atoms with E-state index in [9.17, 15) is 4.79 Å². The summed E-state index contributed by atoms with van der Waals surface area (Å²) in [7, 11) is 0. The molecule has 1 atom stereocenters. The van der Waals surface area contributed by atoms with Crippen LogP contribution in [0.1, 0.15) is 70.2 Å². The van der Waals surface area contributed by atoms with Gasteiger partial charge in [-0.15, -0.1) is 11.3 Å². The quantitative estimate of drug-likeness (QED) is 0.821. The molecule has 0 bridgehead atoms. The molecule has 1 aliphatic heterocycles. The Kier molecular flexibility index (Phi) is 3.79. The Hall–Kier alpha value is -1.62. The topological polar surface area (TPSA) is 46.4 Å². The molecule has 24 heavy (non-hydrogen) atoms. The monoisotopic (exact) mass is 343 g/mol. The summed E-state index contributed by atoms with van der Waals surface area (Å²) in [5, 5.41) is 5.10. The number of amides is 1. The van der Waals surface area contributed by atoms with Crippen LogP contribution in [0, 0.1) is 5.41 Å². The smallest absolute Gasteiger partial charge is 0.221 e. The molecule has 0 fully saturated rings. The second-order valence-electron chi connectivity index (χ2n) is 7.88. The molecule has 128 valence electrons. The standard InChI is InChI=1S/C19H25N3OS/c1-12-5-4-6-19(2,3)14(12)9-13-10-16(23)20-11-15-17(13)22-7-8-24-18(22)21-15/h7-8,13H,4-6,9-11H2,1-3H3,(H,20,23). The van der Waals surface area contributed by atoms with Crippen LogP contribution in [0.15, 0.2) is 22.7 Å². The molecule has 5 heteroatoms. The SMILES string of the molecule is CC1=C(CC2CC(=O)NCc3nc4sccn4c32)C(C)(C)CCC1. The van der Waals surface area contributed by atoms with Gasteiger partial charge in [-0.1, -0.05) is 25.0 Å². The number of carbonyl (C=O) groups excluding carboxylic acids is 1. The van der Waals surface area contributed by atoms with Crippen LogP contribution in [-0.4, -0.2) is 15.3 Å². The van der Waals surface area contributed by atoms with Gasteiger partial charge >= 0.3 is 0 Å². The van der Waals surface area contributed by atoms with Crippen molar-refractivity contribution in [3.63, 3.8) is 0 Å². The first kappa shape index (κ1) is 15.9. The zero-order valence-electron chi connectivity index (χ0n) is 14.7. The average molecular weight is 343 g/mol. The van der Waals surface area contributed by atoms with Crippen LogP contribution < -0.4 is 5.32 Å². The minimum Gasteiger partial charge on any atom is -0.350 e. The van der Waals surface area contributed by atoms with E-state index in [1.165, 1.54) is 30.5 Å². The number of thiazole rings is 1. The third-order valence-corrected chi connectivity index (χ3v) is 6.54. The number of hydrogen-bond acceptors (Lipinski definition) is 3. The molecule has 3 heterocycles. The van der Waals surface area contributed by atoms with Gasteiger partial charge in [0.2, 0.25) is 5.91 Å². The first-order valence-corrected chi connectivity index (χ1v) is 9.74. The molecular weight excluding hydrogens is 318 g/mol. The molecule has 2 aliphatic rings. The summed E-state index contributed by atoms with van der Waals surface area (Å²) in [5.74, 6) is 0.364. The van der Waals surface area contributed by atoms with Crippen LogP contribution in [0.5, 0.6) is 0 Å². The van der Waals surface area contributed by atoms with Crippen molar-refractivity contribution in [3.8, 4) is 0 Å². The highest BCUT2D eigenvalue weighted by Crippen LogP contribution is 2.46.